The van der Waals surface area contributed by atoms with Crippen molar-refractivity contribution in [2.75, 3.05) is 7.11 Å². The maximum atomic E-state index is 9.76. The molecule has 0 amide bonds. The molecule has 0 fully saturated rings. The number of aryl methyl sites for hydroxylation is 1. The van der Waals surface area contributed by atoms with E-state index in [0.29, 0.717) is 5.02 Å². The summed E-state index contributed by atoms with van der Waals surface area (Å²) in [5.41, 5.74) is 2.30. The molecular weight excluding hydrogens is 238 g/mol. The highest BCUT2D eigenvalue weighted by atomic mass is 35.5. The van der Waals surface area contributed by atoms with Crippen LogP contribution in [0.15, 0.2) is 18.2 Å². The van der Waals surface area contributed by atoms with Gasteiger partial charge in [0.25, 0.3) is 0 Å². The first-order valence-corrected chi connectivity index (χ1v) is 5.73. The molecule has 0 aliphatic rings. The third-order valence-corrected chi connectivity index (χ3v) is 2.89. The molecule has 1 aromatic heterocycles. The zero-order valence-corrected chi connectivity index (χ0v) is 10.7. The van der Waals surface area contributed by atoms with Crippen LogP contribution in [0.25, 0.3) is 10.9 Å². The van der Waals surface area contributed by atoms with Gasteiger partial charge in [-0.05, 0) is 26.0 Å². The average molecular weight is 252 g/mol. The SMILES string of the molecule is COc1cc(C)nc2c(C(C)O)cc(Cl)cc12. The van der Waals surface area contributed by atoms with E-state index < -0.39 is 6.10 Å². The minimum atomic E-state index is -0.616. The van der Waals surface area contributed by atoms with Gasteiger partial charge in [0.05, 0.1) is 18.7 Å². The Kier molecular flexibility index (Phi) is 3.22. The summed E-state index contributed by atoms with van der Waals surface area (Å²) < 4.78 is 5.32. The Labute approximate surface area is 105 Å². The van der Waals surface area contributed by atoms with Gasteiger partial charge in [0.1, 0.15) is 5.75 Å². The van der Waals surface area contributed by atoms with E-state index >= 15 is 0 Å². The number of methoxy groups -OCH3 is 1. The summed E-state index contributed by atoms with van der Waals surface area (Å²) in [4.78, 5) is 4.45. The van der Waals surface area contributed by atoms with Gasteiger partial charge in [0.15, 0.2) is 0 Å². The zero-order chi connectivity index (χ0) is 12.6. The van der Waals surface area contributed by atoms with Crippen LogP contribution >= 0.6 is 11.6 Å². The van der Waals surface area contributed by atoms with Gasteiger partial charge in [0.2, 0.25) is 0 Å². The third-order valence-electron chi connectivity index (χ3n) is 2.67. The Bertz CT molecular complexity index is 567. The normalized spacial score (nSPS) is 12.8. The first kappa shape index (κ1) is 12.1. The number of pyridine rings is 1. The summed E-state index contributed by atoms with van der Waals surface area (Å²) in [5.74, 6) is 0.719. The number of halogens is 1. The van der Waals surface area contributed by atoms with E-state index in [1.807, 2.05) is 13.0 Å². The maximum Gasteiger partial charge on any atom is 0.130 e. The van der Waals surface area contributed by atoms with E-state index in [1.54, 1.807) is 26.2 Å². The third kappa shape index (κ3) is 2.21. The van der Waals surface area contributed by atoms with Crippen molar-refractivity contribution in [3.05, 3.63) is 34.5 Å². The Morgan fingerprint density at radius 2 is 2.06 bits per heavy atom. The van der Waals surface area contributed by atoms with Crippen LogP contribution in [0.5, 0.6) is 5.75 Å². The number of rotatable bonds is 2. The van der Waals surface area contributed by atoms with Gasteiger partial charge in [-0.2, -0.15) is 0 Å². The van der Waals surface area contributed by atoms with Crippen LogP contribution in [0.1, 0.15) is 24.3 Å². The lowest BCUT2D eigenvalue weighted by Gasteiger charge is -2.12. The van der Waals surface area contributed by atoms with Crippen LogP contribution < -0.4 is 4.74 Å². The molecule has 0 aliphatic heterocycles. The number of hydrogen-bond donors (Lipinski definition) is 1. The summed E-state index contributed by atoms with van der Waals surface area (Å²) in [6, 6.07) is 5.39. The first-order chi connectivity index (χ1) is 8.02. The highest BCUT2D eigenvalue weighted by Crippen LogP contribution is 2.33. The minimum Gasteiger partial charge on any atom is -0.496 e. The van der Waals surface area contributed by atoms with E-state index in [1.165, 1.54) is 0 Å². The van der Waals surface area contributed by atoms with Crippen molar-refractivity contribution in [3.8, 4) is 5.75 Å². The Morgan fingerprint density at radius 1 is 1.35 bits per heavy atom. The molecule has 1 atom stereocenters. The van der Waals surface area contributed by atoms with Gasteiger partial charge in [-0.3, -0.25) is 4.98 Å². The molecule has 1 unspecified atom stereocenters. The number of aliphatic hydroxyl groups excluding tert-OH is 1. The fourth-order valence-electron chi connectivity index (χ4n) is 1.90. The maximum absolute atomic E-state index is 9.76. The second-order valence-electron chi connectivity index (χ2n) is 4.03. The van der Waals surface area contributed by atoms with Gasteiger partial charge < -0.3 is 9.84 Å². The lowest BCUT2D eigenvalue weighted by atomic mass is 10.0. The van der Waals surface area contributed by atoms with E-state index in [0.717, 1.165) is 27.9 Å². The molecule has 0 saturated heterocycles. The Hall–Kier alpha value is -1.32. The number of aromatic nitrogens is 1. The lowest BCUT2D eigenvalue weighted by Crippen LogP contribution is -1.98. The first-order valence-electron chi connectivity index (χ1n) is 5.35. The predicted octanol–water partition coefficient (Wildman–Crippen LogP) is 3.26. The average Bonchev–Trinajstić information content (AvgIpc) is 2.27. The van der Waals surface area contributed by atoms with Crippen LogP contribution in [-0.4, -0.2) is 17.2 Å². The quantitative estimate of drug-likeness (QED) is 0.891. The summed E-state index contributed by atoms with van der Waals surface area (Å²) in [6.45, 7) is 3.59. The second kappa shape index (κ2) is 4.51. The van der Waals surface area contributed by atoms with Gasteiger partial charge in [-0.1, -0.05) is 11.6 Å². The molecule has 0 bridgehead atoms. The van der Waals surface area contributed by atoms with Crippen molar-refractivity contribution in [3.63, 3.8) is 0 Å². The molecule has 2 rings (SSSR count). The van der Waals surface area contributed by atoms with Crippen molar-refractivity contribution in [2.24, 2.45) is 0 Å². The molecule has 0 radical (unpaired) electrons. The molecule has 0 aliphatic carbocycles. The number of fused-ring (bicyclic) bond motifs is 1. The van der Waals surface area contributed by atoms with Crippen molar-refractivity contribution in [2.45, 2.75) is 20.0 Å². The van der Waals surface area contributed by atoms with Crippen molar-refractivity contribution in [1.82, 2.24) is 4.98 Å². The van der Waals surface area contributed by atoms with E-state index in [4.69, 9.17) is 16.3 Å². The molecule has 2 aromatic rings. The van der Waals surface area contributed by atoms with Gasteiger partial charge >= 0.3 is 0 Å². The summed E-state index contributed by atoms with van der Waals surface area (Å²) >= 11 is 6.04. The van der Waals surface area contributed by atoms with E-state index in [2.05, 4.69) is 4.98 Å². The summed E-state index contributed by atoms with van der Waals surface area (Å²) in [6.07, 6.45) is -0.616. The number of aliphatic hydroxyl groups is 1. The second-order valence-corrected chi connectivity index (χ2v) is 4.47. The fraction of sp³-hybridized carbons (Fsp3) is 0.308. The molecule has 0 spiro atoms. The minimum absolute atomic E-state index is 0.567. The van der Waals surface area contributed by atoms with Crippen LogP contribution in [0.2, 0.25) is 5.02 Å². The standard InChI is InChI=1S/C13H14ClNO2/c1-7-4-12(17-3)11-6-9(14)5-10(8(2)16)13(11)15-7/h4-6,8,16H,1-3H3. The highest BCUT2D eigenvalue weighted by Gasteiger charge is 2.13. The van der Waals surface area contributed by atoms with Gasteiger partial charge in [0, 0.05) is 27.7 Å². The van der Waals surface area contributed by atoms with Crippen molar-refractivity contribution >= 4 is 22.5 Å². The van der Waals surface area contributed by atoms with Crippen LogP contribution in [-0.2, 0) is 0 Å². The Balaban J connectivity index is 2.88. The van der Waals surface area contributed by atoms with Crippen molar-refractivity contribution < 1.29 is 9.84 Å². The number of hydrogen-bond acceptors (Lipinski definition) is 3. The fourth-order valence-corrected chi connectivity index (χ4v) is 2.12. The number of benzene rings is 1. The zero-order valence-electron chi connectivity index (χ0n) is 9.99. The monoisotopic (exact) mass is 251 g/mol. The largest absolute Gasteiger partial charge is 0.496 e. The smallest absolute Gasteiger partial charge is 0.130 e. The van der Waals surface area contributed by atoms with Crippen LogP contribution in [0.4, 0.5) is 0 Å². The lowest BCUT2D eigenvalue weighted by molar-refractivity contribution is 0.200. The number of nitrogens with zero attached hydrogens (tertiary/aromatic N) is 1. The van der Waals surface area contributed by atoms with Gasteiger partial charge in [-0.25, -0.2) is 0 Å². The molecule has 1 aromatic carbocycles. The molecule has 1 heterocycles. The van der Waals surface area contributed by atoms with Gasteiger partial charge in [-0.15, -0.1) is 0 Å². The molecule has 3 nitrogen and oxygen atoms in total. The number of ether oxygens (including phenoxy) is 1. The summed E-state index contributed by atoms with van der Waals surface area (Å²) in [5, 5.41) is 11.1. The topological polar surface area (TPSA) is 42.4 Å². The molecule has 17 heavy (non-hydrogen) atoms. The highest BCUT2D eigenvalue weighted by molar-refractivity contribution is 6.31. The van der Waals surface area contributed by atoms with E-state index in [-0.39, 0.29) is 0 Å². The molecule has 90 valence electrons. The molecule has 4 heteroatoms. The Morgan fingerprint density at radius 3 is 2.65 bits per heavy atom. The molecular formula is C13H14ClNO2. The van der Waals surface area contributed by atoms with E-state index in [9.17, 15) is 5.11 Å². The molecule has 1 N–H and O–H groups in total. The van der Waals surface area contributed by atoms with Crippen molar-refractivity contribution in [1.29, 1.82) is 0 Å². The molecule has 0 saturated carbocycles. The summed E-state index contributed by atoms with van der Waals surface area (Å²) in [7, 11) is 1.61. The van der Waals surface area contributed by atoms with Crippen LogP contribution in [0.3, 0.4) is 0 Å². The van der Waals surface area contributed by atoms with Crippen LogP contribution in [0, 0.1) is 6.92 Å². The predicted molar refractivity (Wildman–Crippen MR) is 68.7 cm³/mol.